The molecule has 1 amide bonds. The van der Waals surface area contributed by atoms with Crippen LogP contribution in [0.3, 0.4) is 0 Å². The van der Waals surface area contributed by atoms with Crippen LogP contribution in [-0.4, -0.2) is 41.5 Å². The van der Waals surface area contributed by atoms with Crippen molar-refractivity contribution in [3.05, 3.63) is 29.3 Å². The number of nitrogens with one attached hydrogen (secondary N) is 1. The molecule has 3 rings (SSSR count). The quantitative estimate of drug-likeness (QED) is 0.855. The second-order valence-corrected chi connectivity index (χ2v) is 5.52. The fraction of sp³-hybridized carbons (Fsp3) is 0.467. The molecule has 1 aromatic carbocycles. The topological polar surface area (TPSA) is 69.6 Å². The first kappa shape index (κ1) is 13.0. The van der Waals surface area contributed by atoms with Gasteiger partial charge in [-0.25, -0.2) is 0 Å². The molecular weight excluding hydrogens is 256 g/mol. The molecule has 1 aromatic rings. The zero-order valence-electron chi connectivity index (χ0n) is 11.3. The summed E-state index contributed by atoms with van der Waals surface area (Å²) in [5.74, 6) is -0.133. The maximum atomic E-state index is 12.5. The van der Waals surface area contributed by atoms with Gasteiger partial charge < -0.3 is 15.3 Å². The second kappa shape index (κ2) is 5.15. The fourth-order valence-electron chi connectivity index (χ4n) is 2.70. The van der Waals surface area contributed by atoms with Gasteiger partial charge in [-0.05, 0) is 42.9 Å². The Morgan fingerprint density at radius 3 is 2.90 bits per heavy atom. The molecule has 5 heteroatoms. The van der Waals surface area contributed by atoms with Crippen LogP contribution < -0.4 is 5.32 Å². The highest BCUT2D eigenvalue weighted by atomic mass is 16.4. The number of rotatable bonds is 5. The number of hydrogen-bond donors (Lipinski definition) is 2. The van der Waals surface area contributed by atoms with Gasteiger partial charge in [0.05, 0.1) is 0 Å². The summed E-state index contributed by atoms with van der Waals surface area (Å²) in [4.78, 5) is 25.0. The normalized spacial score (nSPS) is 17.8. The van der Waals surface area contributed by atoms with Crippen LogP contribution in [0.15, 0.2) is 18.2 Å². The summed E-state index contributed by atoms with van der Waals surface area (Å²) in [7, 11) is 0. The average molecular weight is 274 g/mol. The number of nitrogens with zero attached hydrogens (tertiary/aromatic N) is 1. The molecule has 1 heterocycles. The molecular formula is C15H18N2O3. The van der Waals surface area contributed by atoms with Crippen LogP contribution in [0.2, 0.25) is 0 Å². The van der Waals surface area contributed by atoms with Crippen molar-refractivity contribution < 1.29 is 14.7 Å². The molecule has 20 heavy (non-hydrogen) atoms. The molecule has 0 saturated heterocycles. The highest BCUT2D eigenvalue weighted by Crippen LogP contribution is 2.32. The molecule has 1 aliphatic heterocycles. The number of fused-ring (bicyclic) bond motifs is 1. The van der Waals surface area contributed by atoms with Gasteiger partial charge >= 0.3 is 5.97 Å². The molecule has 5 nitrogen and oxygen atoms in total. The summed E-state index contributed by atoms with van der Waals surface area (Å²) < 4.78 is 0. The van der Waals surface area contributed by atoms with Gasteiger partial charge in [0.25, 0.3) is 5.91 Å². The van der Waals surface area contributed by atoms with Crippen molar-refractivity contribution in [2.75, 3.05) is 25.0 Å². The van der Waals surface area contributed by atoms with Gasteiger partial charge in [-0.2, -0.15) is 0 Å². The van der Waals surface area contributed by atoms with E-state index in [0.717, 1.165) is 30.8 Å². The second-order valence-electron chi connectivity index (χ2n) is 5.52. The Bertz CT molecular complexity index is 552. The van der Waals surface area contributed by atoms with E-state index >= 15 is 0 Å². The van der Waals surface area contributed by atoms with Crippen LogP contribution in [0.25, 0.3) is 0 Å². The van der Waals surface area contributed by atoms with E-state index in [4.69, 9.17) is 5.11 Å². The fourth-order valence-corrected chi connectivity index (χ4v) is 2.70. The minimum atomic E-state index is -0.903. The number of carbonyl (C=O) groups is 2. The first-order valence-electron chi connectivity index (χ1n) is 7.02. The molecule has 2 N–H and O–H groups in total. The molecule has 0 unspecified atom stereocenters. The Kier molecular flexibility index (Phi) is 3.34. The molecule has 0 aromatic heterocycles. The minimum absolute atomic E-state index is 0.0807. The van der Waals surface area contributed by atoms with E-state index in [2.05, 4.69) is 5.32 Å². The Balaban J connectivity index is 1.80. The van der Waals surface area contributed by atoms with Crippen molar-refractivity contribution in [1.82, 2.24) is 4.90 Å². The van der Waals surface area contributed by atoms with E-state index < -0.39 is 5.97 Å². The average Bonchev–Trinajstić information content (AvgIpc) is 3.23. The van der Waals surface area contributed by atoms with Gasteiger partial charge in [-0.3, -0.25) is 9.59 Å². The molecule has 2 aliphatic rings. The third-order valence-corrected chi connectivity index (χ3v) is 3.93. The molecule has 1 saturated carbocycles. The summed E-state index contributed by atoms with van der Waals surface area (Å²) in [6.07, 6.45) is 3.25. The Hall–Kier alpha value is -2.04. The van der Waals surface area contributed by atoms with Gasteiger partial charge in [0.15, 0.2) is 0 Å². The molecule has 0 spiro atoms. The van der Waals surface area contributed by atoms with Crippen LogP contribution >= 0.6 is 0 Å². The predicted octanol–water partition coefficient (Wildman–Crippen LogP) is 1.59. The highest BCUT2D eigenvalue weighted by molar-refractivity contribution is 5.98. The molecule has 106 valence electrons. The van der Waals surface area contributed by atoms with Crippen molar-refractivity contribution in [3.8, 4) is 0 Å². The summed E-state index contributed by atoms with van der Waals surface area (Å²) >= 11 is 0. The van der Waals surface area contributed by atoms with Crippen LogP contribution in [0.4, 0.5) is 5.69 Å². The highest BCUT2D eigenvalue weighted by Gasteiger charge is 2.31. The van der Waals surface area contributed by atoms with Gasteiger partial charge in [0.2, 0.25) is 0 Å². The summed E-state index contributed by atoms with van der Waals surface area (Å²) in [5.41, 5.74) is 2.43. The summed E-state index contributed by atoms with van der Waals surface area (Å²) in [6.45, 7) is 1.47. The van der Waals surface area contributed by atoms with Crippen LogP contribution in [0.1, 0.15) is 28.8 Å². The molecule has 0 radical (unpaired) electrons. The number of carboxylic acids is 1. The summed E-state index contributed by atoms with van der Waals surface area (Å²) in [5, 5.41) is 11.6. The van der Waals surface area contributed by atoms with Crippen LogP contribution in [0.5, 0.6) is 0 Å². The van der Waals surface area contributed by atoms with E-state index in [1.807, 2.05) is 23.1 Å². The van der Waals surface area contributed by atoms with Crippen molar-refractivity contribution in [2.24, 2.45) is 5.92 Å². The number of aliphatic carboxylic acids is 1. The van der Waals surface area contributed by atoms with Crippen molar-refractivity contribution in [3.63, 3.8) is 0 Å². The number of carbonyl (C=O) groups excluding carboxylic acids is 1. The van der Waals surface area contributed by atoms with E-state index in [-0.39, 0.29) is 12.5 Å². The Labute approximate surface area is 117 Å². The van der Waals surface area contributed by atoms with Crippen molar-refractivity contribution >= 4 is 17.6 Å². The molecule has 0 bridgehead atoms. The maximum absolute atomic E-state index is 12.5. The number of anilines is 1. The molecule has 0 atom stereocenters. The van der Waals surface area contributed by atoms with E-state index in [1.54, 1.807) is 0 Å². The third-order valence-electron chi connectivity index (χ3n) is 3.93. The van der Waals surface area contributed by atoms with Gasteiger partial charge in [-0.1, -0.05) is 6.07 Å². The lowest BCUT2D eigenvalue weighted by Gasteiger charge is -2.30. The standard InChI is InChI=1S/C15H18N2O3/c18-14(19)8-16-13-3-1-2-12-11(13)6-7-17(15(12)20)9-10-4-5-10/h1-3,10,16H,4-9H2,(H,18,19). The van der Waals surface area contributed by atoms with Crippen LogP contribution in [-0.2, 0) is 11.2 Å². The Morgan fingerprint density at radius 1 is 1.40 bits per heavy atom. The summed E-state index contributed by atoms with van der Waals surface area (Å²) in [6, 6.07) is 5.48. The number of benzene rings is 1. The smallest absolute Gasteiger partial charge is 0.322 e. The number of carboxylic acid groups (broad SMARTS) is 1. The lowest BCUT2D eigenvalue weighted by atomic mass is 9.96. The first-order valence-corrected chi connectivity index (χ1v) is 7.02. The van der Waals surface area contributed by atoms with Gasteiger partial charge in [-0.15, -0.1) is 0 Å². The van der Waals surface area contributed by atoms with E-state index in [9.17, 15) is 9.59 Å². The Morgan fingerprint density at radius 2 is 2.20 bits per heavy atom. The zero-order chi connectivity index (χ0) is 14.1. The minimum Gasteiger partial charge on any atom is -0.480 e. The van der Waals surface area contributed by atoms with E-state index in [1.165, 1.54) is 12.8 Å². The predicted molar refractivity (Wildman–Crippen MR) is 74.9 cm³/mol. The van der Waals surface area contributed by atoms with Crippen molar-refractivity contribution in [2.45, 2.75) is 19.3 Å². The third kappa shape index (κ3) is 2.61. The lowest BCUT2D eigenvalue weighted by molar-refractivity contribution is -0.134. The van der Waals surface area contributed by atoms with Crippen LogP contribution in [0, 0.1) is 5.92 Å². The van der Waals surface area contributed by atoms with Gasteiger partial charge in [0.1, 0.15) is 6.54 Å². The zero-order valence-corrected chi connectivity index (χ0v) is 11.3. The largest absolute Gasteiger partial charge is 0.480 e. The van der Waals surface area contributed by atoms with E-state index in [0.29, 0.717) is 11.5 Å². The SMILES string of the molecule is O=C(O)CNc1cccc2c1CCN(CC1CC1)C2=O. The van der Waals surface area contributed by atoms with Gasteiger partial charge in [0, 0.05) is 24.3 Å². The van der Waals surface area contributed by atoms with Crippen molar-refractivity contribution in [1.29, 1.82) is 0 Å². The maximum Gasteiger partial charge on any atom is 0.322 e. The first-order chi connectivity index (χ1) is 9.65. The number of hydrogen-bond acceptors (Lipinski definition) is 3. The monoisotopic (exact) mass is 274 g/mol. The number of amides is 1. The molecule has 1 fully saturated rings. The lowest BCUT2D eigenvalue weighted by Crippen LogP contribution is -2.39. The molecule has 1 aliphatic carbocycles.